The number of Topliss-reactive ketones (excluding diaryl/α,β-unsaturated/α-hetero) is 1. The van der Waals surface area contributed by atoms with Crippen LogP contribution in [0.3, 0.4) is 0 Å². The molecule has 5 heteroatoms. The van der Waals surface area contributed by atoms with E-state index in [1.165, 1.54) is 0 Å². The molecule has 0 aliphatic carbocycles. The van der Waals surface area contributed by atoms with Crippen molar-refractivity contribution in [2.75, 3.05) is 33.8 Å². The molecule has 0 amide bonds. The summed E-state index contributed by atoms with van der Waals surface area (Å²) in [5.41, 5.74) is 6.01. The number of methoxy groups -OCH3 is 1. The van der Waals surface area contributed by atoms with Gasteiger partial charge in [0, 0.05) is 19.5 Å². The topological polar surface area (TPSA) is 64.8 Å². The number of carbonyl (C=O) groups excluding carboxylic acids is 1. The smallest absolute Gasteiger partial charge is 0.171 e. The van der Waals surface area contributed by atoms with Crippen LogP contribution in [0.1, 0.15) is 29.6 Å². The third kappa shape index (κ3) is 3.95. The SMILES string of the molecule is COc1c(OC2CCN(C)CC2)cccc1C(=O)CCN. The van der Waals surface area contributed by atoms with Crippen LogP contribution in [0.4, 0.5) is 0 Å². The van der Waals surface area contributed by atoms with Crippen molar-refractivity contribution >= 4 is 5.78 Å². The summed E-state index contributed by atoms with van der Waals surface area (Å²) in [5.74, 6) is 1.16. The molecular formula is C16H24N2O3. The van der Waals surface area contributed by atoms with Crippen LogP contribution < -0.4 is 15.2 Å². The van der Waals surface area contributed by atoms with E-state index in [1.807, 2.05) is 12.1 Å². The van der Waals surface area contributed by atoms with E-state index in [0.29, 0.717) is 30.0 Å². The molecule has 0 aromatic heterocycles. The lowest BCUT2D eigenvalue weighted by molar-refractivity contribution is 0.0974. The third-order valence-corrected chi connectivity index (χ3v) is 3.81. The van der Waals surface area contributed by atoms with Gasteiger partial charge in [0.15, 0.2) is 17.3 Å². The first-order valence-corrected chi connectivity index (χ1v) is 7.41. The van der Waals surface area contributed by atoms with Crippen molar-refractivity contribution in [3.05, 3.63) is 23.8 Å². The van der Waals surface area contributed by atoms with Crippen LogP contribution in [0.2, 0.25) is 0 Å². The largest absolute Gasteiger partial charge is 0.492 e. The van der Waals surface area contributed by atoms with Gasteiger partial charge in [-0.3, -0.25) is 4.79 Å². The minimum atomic E-state index is -0.0109. The average Bonchev–Trinajstić information content (AvgIpc) is 2.49. The summed E-state index contributed by atoms with van der Waals surface area (Å²) < 4.78 is 11.5. The lowest BCUT2D eigenvalue weighted by Crippen LogP contribution is -2.35. The standard InChI is InChI=1S/C16H24N2O3/c1-18-10-7-12(8-11-18)21-15-5-3-4-13(16(15)20-2)14(19)6-9-17/h3-5,12H,6-11,17H2,1-2H3. The highest BCUT2D eigenvalue weighted by Gasteiger charge is 2.22. The Morgan fingerprint density at radius 1 is 1.38 bits per heavy atom. The molecule has 2 rings (SSSR count). The van der Waals surface area contributed by atoms with Crippen LogP contribution in [0.15, 0.2) is 18.2 Å². The molecule has 1 aliphatic rings. The van der Waals surface area contributed by atoms with Gasteiger partial charge >= 0.3 is 0 Å². The zero-order chi connectivity index (χ0) is 15.2. The van der Waals surface area contributed by atoms with Crippen LogP contribution in [0.5, 0.6) is 11.5 Å². The fourth-order valence-electron chi connectivity index (χ4n) is 2.59. The number of likely N-dealkylation sites (tertiary alicyclic amines) is 1. The molecule has 1 heterocycles. The normalized spacial score (nSPS) is 16.7. The van der Waals surface area contributed by atoms with Gasteiger partial charge in [0.1, 0.15) is 6.10 Å². The quantitative estimate of drug-likeness (QED) is 0.808. The molecule has 1 saturated heterocycles. The Morgan fingerprint density at radius 2 is 2.10 bits per heavy atom. The number of carbonyl (C=O) groups is 1. The van der Waals surface area contributed by atoms with Crippen LogP contribution in [0, 0.1) is 0 Å². The number of benzene rings is 1. The fourth-order valence-corrected chi connectivity index (χ4v) is 2.59. The molecule has 2 N–H and O–H groups in total. The first-order chi connectivity index (χ1) is 10.2. The zero-order valence-corrected chi connectivity index (χ0v) is 12.8. The van der Waals surface area contributed by atoms with Crippen molar-refractivity contribution in [3.63, 3.8) is 0 Å². The summed E-state index contributed by atoms with van der Waals surface area (Å²) in [6.45, 7) is 2.39. The maximum absolute atomic E-state index is 12.1. The van der Waals surface area contributed by atoms with Crippen molar-refractivity contribution in [2.24, 2.45) is 5.73 Å². The average molecular weight is 292 g/mol. The number of hydrogen-bond acceptors (Lipinski definition) is 5. The zero-order valence-electron chi connectivity index (χ0n) is 12.8. The Kier molecular flexibility index (Phi) is 5.59. The van der Waals surface area contributed by atoms with Crippen molar-refractivity contribution in [2.45, 2.75) is 25.4 Å². The van der Waals surface area contributed by atoms with E-state index >= 15 is 0 Å². The molecule has 0 spiro atoms. The second-order valence-electron chi connectivity index (χ2n) is 5.42. The predicted molar refractivity (Wildman–Crippen MR) is 82.1 cm³/mol. The summed E-state index contributed by atoms with van der Waals surface area (Å²) in [6, 6.07) is 5.45. The monoisotopic (exact) mass is 292 g/mol. The Balaban J connectivity index is 2.15. The number of ether oxygens (including phenoxy) is 2. The molecule has 0 atom stereocenters. The molecule has 0 radical (unpaired) electrons. The minimum absolute atomic E-state index is 0.0109. The molecule has 0 bridgehead atoms. The molecule has 1 aromatic carbocycles. The molecule has 1 fully saturated rings. The van der Waals surface area contributed by atoms with Gasteiger partial charge in [-0.1, -0.05) is 6.07 Å². The van der Waals surface area contributed by atoms with E-state index < -0.39 is 0 Å². The highest BCUT2D eigenvalue weighted by Crippen LogP contribution is 2.33. The van der Waals surface area contributed by atoms with E-state index in [1.54, 1.807) is 13.2 Å². The van der Waals surface area contributed by atoms with Gasteiger partial charge < -0.3 is 20.1 Å². The molecule has 0 saturated carbocycles. The number of hydrogen-bond donors (Lipinski definition) is 1. The Hall–Kier alpha value is -1.59. The lowest BCUT2D eigenvalue weighted by Gasteiger charge is -2.29. The van der Waals surface area contributed by atoms with Crippen molar-refractivity contribution in [1.82, 2.24) is 4.90 Å². The second-order valence-corrected chi connectivity index (χ2v) is 5.42. The van der Waals surface area contributed by atoms with Crippen molar-refractivity contribution in [3.8, 4) is 11.5 Å². The van der Waals surface area contributed by atoms with Crippen LogP contribution in [-0.2, 0) is 0 Å². The molecule has 0 unspecified atom stereocenters. The van der Waals surface area contributed by atoms with Crippen LogP contribution in [-0.4, -0.2) is 50.6 Å². The fraction of sp³-hybridized carbons (Fsp3) is 0.562. The molecule has 1 aliphatic heterocycles. The van der Waals surface area contributed by atoms with Crippen molar-refractivity contribution < 1.29 is 14.3 Å². The third-order valence-electron chi connectivity index (χ3n) is 3.81. The molecule has 1 aromatic rings. The number of nitrogens with zero attached hydrogens (tertiary/aromatic N) is 1. The minimum Gasteiger partial charge on any atom is -0.492 e. The molecular weight excluding hydrogens is 268 g/mol. The van der Waals surface area contributed by atoms with Gasteiger partial charge in [-0.15, -0.1) is 0 Å². The number of para-hydroxylation sites is 1. The Bertz CT molecular complexity index is 482. The van der Waals surface area contributed by atoms with E-state index in [2.05, 4.69) is 11.9 Å². The van der Waals surface area contributed by atoms with Gasteiger partial charge in [0.2, 0.25) is 0 Å². The molecule has 116 valence electrons. The summed E-state index contributed by atoms with van der Waals surface area (Å²) in [6.07, 6.45) is 2.46. The number of ketones is 1. The number of rotatable bonds is 6. The van der Waals surface area contributed by atoms with Crippen molar-refractivity contribution in [1.29, 1.82) is 0 Å². The van der Waals surface area contributed by atoms with Gasteiger partial charge in [0.25, 0.3) is 0 Å². The Labute approximate surface area is 126 Å². The first-order valence-electron chi connectivity index (χ1n) is 7.41. The summed E-state index contributed by atoms with van der Waals surface area (Å²) in [7, 11) is 3.68. The number of piperidine rings is 1. The van der Waals surface area contributed by atoms with E-state index in [9.17, 15) is 4.79 Å². The van der Waals surface area contributed by atoms with E-state index in [-0.39, 0.29) is 11.9 Å². The predicted octanol–water partition coefficient (Wildman–Crippen LogP) is 1.70. The molecule has 5 nitrogen and oxygen atoms in total. The Morgan fingerprint density at radius 3 is 2.71 bits per heavy atom. The number of nitrogens with two attached hydrogens (primary N) is 1. The second kappa shape index (κ2) is 7.43. The summed E-state index contributed by atoms with van der Waals surface area (Å²) in [5, 5.41) is 0. The maximum atomic E-state index is 12.1. The van der Waals surface area contributed by atoms with Gasteiger partial charge in [-0.25, -0.2) is 0 Å². The van der Waals surface area contributed by atoms with E-state index in [4.69, 9.17) is 15.2 Å². The van der Waals surface area contributed by atoms with Crippen LogP contribution in [0.25, 0.3) is 0 Å². The van der Waals surface area contributed by atoms with E-state index in [0.717, 1.165) is 25.9 Å². The summed E-state index contributed by atoms with van der Waals surface area (Å²) in [4.78, 5) is 14.4. The first kappa shape index (κ1) is 15.8. The van der Waals surface area contributed by atoms with Gasteiger partial charge in [-0.2, -0.15) is 0 Å². The maximum Gasteiger partial charge on any atom is 0.171 e. The van der Waals surface area contributed by atoms with Gasteiger partial charge in [0.05, 0.1) is 12.7 Å². The molecule has 21 heavy (non-hydrogen) atoms. The summed E-state index contributed by atoms with van der Waals surface area (Å²) >= 11 is 0. The van der Waals surface area contributed by atoms with Crippen LogP contribution >= 0.6 is 0 Å². The van der Waals surface area contributed by atoms with Gasteiger partial charge in [-0.05, 0) is 38.6 Å². The lowest BCUT2D eigenvalue weighted by atomic mass is 10.1. The highest BCUT2D eigenvalue weighted by atomic mass is 16.5. The highest BCUT2D eigenvalue weighted by molar-refractivity contribution is 5.99.